The van der Waals surface area contributed by atoms with E-state index < -0.39 is 0 Å². The Morgan fingerprint density at radius 1 is 1.12 bits per heavy atom. The minimum absolute atomic E-state index is 0.514. The molecule has 0 aliphatic rings. The van der Waals surface area contributed by atoms with Crippen LogP contribution in [0.25, 0.3) is 0 Å². The maximum Gasteiger partial charge on any atom is 0.160 e. The molecule has 0 saturated heterocycles. The molecule has 0 fully saturated rings. The third-order valence-corrected chi connectivity index (χ3v) is 3.33. The van der Waals surface area contributed by atoms with Crippen LogP contribution in [0.1, 0.15) is 25.8 Å². The molecule has 0 aliphatic carbocycles. The first kappa shape index (κ1) is 14.4. The molecule has 0 bridgehead atoms. The Hall–Kier alpha value is -0.700. The molecule has 17 heavy (non-hydrogen) atoms. The molecule has 1 aromatic rings. The van der Waals surface area contributed by atoms with E-state index in [2.05, 4.69) is 35.8 Å². The molecule has 3 heteroatoms. The van der Waals surface area contributed by atoms with Crippen LogP contribution < -0.4 is 9.47 Å². The van der Waals surface area contributed by atoms with Crippen LogP contribution in [-0.2, 0) is 6.42 Å². The average molecular weight is 301 g/mol. The van der Waals surface area contributed by atoms with Gasteiger partial charge in [-0.05, 0) is 36.5 Å². The highest BCUT2D eigenvalue weighted by atomic mass is 79.9. The Bertz CT molecular complexity index is 350. The quantitative estimate of drug-likeness (QED) is 0.738. The molecule has 0 aromatic heterocycles. The van der Waals surface area contributed by atoms with E-state index >= 15 is 0 Å². The van der Waals surface area contributed by atoms with E-state index in [0.29, 0.717) is 10.7 Å². The summed E-state index contributed by atoms with van der Waals surface area (Å²) < 4.78 is 10.5. The minimum atomic E-state index is 0.514. The molecule has 2 nitrogen and oxygen atoms in total. The average Bonchev–Trinajstić information content (AvgIpc) is 2.27. The second-order valence-electron chi connectivity index (χ2n) is 4.62. The molecular formula is C14H21BrO2. The Kier molecular flexibility index (Phi) is 5.83. The van der Waals surface area contributed by atoms with Crippen molar-refractivity contribution in [3.05, 3.63) is 23.8 Å². The molecule has 96 valence electrons. The highest BCUT2D eigenvalue weighted by molar-refractivity contribution is 9.09. The van der Waals surface area contributed by atoms with Gasteiger partial charge in [-0.15, -0.1) is 0 Å². The zero-order valence-corrected chi connectivity index (χ0v) is 12.6. The zero-order chi connectivity index (χ0) is 12.8. The third-order valence-electron chi connectivity index (χ3n) is 2.63. The fourth-order valence-corrected chi connectivity index (χ4v) is 2.98. The van der Waals surface area contributed by atoms with Crippen LogP contribution in [0.2, 0.25) is 0 Å². The fourth-order valence-electron chi connectivity index (χ4n) is 1.86. The van der Waals surface area contributed by atoms with Gasteiger partial charge in [0.05, 0.1) is 14.2 Å². The standard InChI is InChI=1S/C14H21BrO2/c1-10(2)7-12(15)8-11-5-6-13(16-3)14(9-11)17-4/h5-6,9-10,12H,7-8H2,1-4H3. The van der Waals surface area contributed by atoms with Gasteiger partial charge in [0.15, 0.2) is 11.5 Å². The predicted octanol–water partition coefficient (Wildman–Crippen LogP) is 4.06. The minimum Gasteiger partial charge on any atom is -0.493 e. The Balaban J connectivity index is 2.72. The topological polar surface area (TPSA) is 18.5 Å². The van der Waals surface area contributed by atoms with Crippen LogP contribution in [0.15, 0.2) is 18.2 Å². The number of methoxy groups -OCH3 is 2. The molecule has 1 unspecified atom stereocenters. The van der Waals surface area contributed by atoms with E-state index in [0.717, 1.165) is 17.9 Å². The number of halogens is 1. The third kappa shape index (κ3) is 4.58. The highest BCUT2D eigenvalue weighted by Crippen LogP contribution is 2.29. The normalized spacial score (nSPS) is 12.6. The molecule has 0 spiro atoms. The van der Waals surface area contributed by atoms with Gasteiger partial charge in [-0.3, -0.25) is 0 Å². The lowest BCUT2D eigenvalue weighted by Gasteiger charge is -2.14. The summed E-state index contributed by atoms with van der Waals surface area (Å²) in [6.07, 6.45) is 2.19. The summed E-state index contributed by atoms with van der Waals surface area (Å²) in [5.41, 5.74) is 1.27. The van der Waals surface area contributed by atoms with E-state index in [9.17, 15) is 0 Å². The maximum absolute atomic E-state index is 5.30. The van der Waals surface area contributed by atoms with Crippen molar-refractivity contribution in [2.75, 3.05) is 14.2 Å². The first-order valence-electron chi connectivity index (χ1n) is 5.91. The van der Waals surface area contributed by atoms with Crippen molar-refractivity contribution in [1.82, 2.24) is 0 Å². The molecule has 1 aromatic carbocycles. The van der Waals surface area contributed by atoms with Gasteiger partial charge >= 0.3 is 0 Å². The molecule has 1 rings (SSSR count). The van der Waals surface area contributed by atoms with Crippen LogP contribution in [0.5, 0.6) is 11.5 Å². The molecule has 1 atom stereocenters. The SMILES string of the molecule is COc1ccc(CC(Br)CC(C)C)cc1OC. The van der Waals surface area contributed by atoms with Gasteiger partial charge in [0.2, 0.25) is 0 Å². The smallest absolute Gasteiger partial charge is 0.160 e. The first-order chi connectivity index (χ1) is 8.06. The lowest BCUT2D eigenvalue weighted by molar-refractivity contribution is 0.354. The predicted molar refractivity (Wildman–Crippen MR) is 75.4 cm³/mol. The summed E-state index contributed by atoms with van der Waals surface area (Å²) in [6, 6.07) is 6.10. The van der Waals surface area contributed by atoms with E-state index in [1.165, 1.54) is 12.0 Å². The van der Waals surface area contributed by atoms with Crippen LogP contribution >= 0.6 is 15.9 Å². The van der Waals surface area contributed by atoms with E-state index in [-0.39, 0.29) is 0 Å². The van der Waals surface area contributed by atoms with Crippen LogP contribution in [0, 0.1) is 5.92 Å². The summed E-state index contributed by atoms with van der Waals surface area (Å²) in [6.45, 7) is 4.48. The van der Waals surface area contributed by atoms with Crippen molar-refractivity contribution in [3.8, 4) is 11.5 Å². The van der Waals surface area contributed by atoms with Gasteiger partial charge in [-0.25, -0.2) is 0 Å². The molecule has 0 radical (unpaired) electrons. The van der Waals surface area contributed by atoms with Crippen LogP contribution in [-0.4, -0.2) is 19.0 Å². The summed E-state index contributed by atoms with van der Waals surface area (Å²) in [4.78, 5) is 0.514. The largest absolute Gasteiger partial charge is 0.493 e. The number of hydrogen-bond acceptors (Lipinski definition) is 2. The summed E-state index contributed by atoms with van der Waals surface area (Å²) in [5.74, 6) is 2.29. The second-order valence-corrected chi connectivity index (χ2v) is 5.92. The van der Waals surface area contributed by atoms with Crippen molar-refractivity contribution in [2.45, 2.75) is 31.5 Å². The molecule has 0 N–H and O–H groups in total. The van der Waals surface area contributed by atoms with Gasteiger partial charge in [-0.1, -0.05) is 35.8 Å². The van der Waals surface area contributed by atoms with Gasteiger partial charge < -0.3 is 9.47 Å². The van der Waals surface area contributed by atoms with Crippen molar-refractivity contribution in [1.29, 1.82) is 0 Å². The number of ether oxygens (including phenoxy) is 2. The lowest BCUT2D eigenvalue weighted by Crippen LogP contribution is -2.06. The van der Waals surface area contributed by atoms with E-state index in [1.807, 2.05) is 12.1 Å². The summed E-state index contributed by atoms with van der Waals surface area (Å²) >= 11 is 3.73. The van der Waals surface area contributed by atoms with Crippen molar-refractivity contribution >= 4 is 15.9 Å². The molecule has 0 saturated carbocycles. The monoisotopic (exact) mass is 300 g/mol. The van der Waals surface area contributed by atoms with Crippen molar-refractivity contribution in [3.63, 3.8) is 0 Å². The Morgan fingerprint density at radius 3 is 2.29 bits per heavy atom. The summed E-state index contributed by atoms with van der Waals surface area (Å²) in [5, 5.41) is 0. The Labute approximate surface area is 112 Å². The Morgan fingerprint density at radius 2 is 1.76 bits per heavy atom. The van der Waals surface area contributed by atoms with Crippen LogP contribution in [0.3, 0.4) is 0 Å². The molecule has 0 heterocycles. The molecule has 0 amide bonds. The van der Waals surface area contributed by atoms with Crippen molar-refractivity contribution < 1.29 is 9.47 Å². The highest BCUT2D eigenvalue weighted by Gasteiger charge is 2.10. The van der Waals surface area contributed by atoms with Gasteiger partial charge in [0, 0.05) is 4.83 Å². The van der Waals surface area contributed by atoms with E-state index in [1.54, 1.807) is 14.2 Å². The van der Waals surface area contributed by atoms with Crippen LogP contribution in [0.4, 0.5) is 0 Å². The van der Waals surface area contributed by atoms with Crippen molar-refractivity contribution in [2.24, 2.45) is 5.92 Å². The zero-order valence-electron chi connectivity index (χ0n) is 11.0. The van der Waals surface area contributed by atoms with Gasteiger partial charge in [-0.2, -0.15) is 0 Å². The molecular weight excluding hydrogens is 280 g/mol. The number of hydrogen-bond donors (Lipinski definition) is 0. The fraction of sp³-hybridized carbons (Fsp3) is 0.571. The maximum atomic E-state index is 5.30. The number of alkyl halides is 1. The number of benzene rings is 1. The van der Waals surface area contributed by atoms with Gasteiger partial charge in [0.1, 0.15) is 0 Å². The first-order valence-corrected chi connectivity index (χ1v) is 6.83. The molecule has 0 aliphatic heterocycles. The lowest BCUT2D eigenvalue weighted by atomic mass is 10.0. The second kappa shape index (κ2) is 6.90. The van der Waals surface area contributed by atoms with Gasteiger partial charge in [0.25, 0.3) is 0 Å². The summed E-state index contributed by atoms with van der Waals surface area (Å²) in [7, 11) is 3.32. The number of rotatable bonds is 6. The van der Waals surface area contributed by atoms with E-state index in [4.69, 9.17) is 9.47 Å².